The molecule has 0 aliphatic heterocycles. The molecule has 144 valence electrons. The lowest BCUT2D eigenvalue weighted by Crippen LogP contribution is -2.22. The van der Waals surface area contributed by atoms with Crippen LogP contribution in [0.25, 0.3) is 0 Å². The summed E-state index contributed by atoms with van der Waals surface area (Å²) in [6.07, 6.45) is 0.746. The highest BCUT2D eigenvalue weighted by atomic mass is 32.2. The molecule has 0 unspecified atom stereocenters. The standard InChI is InChI=1S/C15H27N2O6PS/c1-10(2)22-24(19,23-11(3)4)9-21-12(5)8-20-14-7-13(18)16-15(17-14)25-6/h7,10-12H,8-9H2,1-6H3,(H,16,17,18)/t12-/m1/s1. The third-order valence-electron chi connectivity index (χ3n) is 2.62. The van der Waals surface area contributed by atoms with Crippen molar-refractivity contribution in [3.8, 4) is 5.88 Å². The molecule has 0 saturated carbocycles. The zero-order valence-electron chi connectivity index (χ0n) is 15.5. The second-order valence-electron chi connectivity index (χ2n) is 5.93. The summed E-state index contributed by atoms with van der Waals surface area (Å²) < 4.78 is 34.5. The van der Waals surface area contributed by atoms with Gasteiger partial charge in [-0.25, -0.2) is 0 Å². The van der Waals surface area contributed by atoms with Gasteiger partial charge in [0.15, 0.2) is 5.16 Å². The average Bonchev–Trinajstić information content (AvgIpc) is 2.48. The molecule has 0 bridgehead atoms. The average molecular weight is 394 g/mol. The van der Waals surface area contributed by atoms with Crippen molar-refractivity contribution < 1.29 is 23.1 Å². The largest absolute Gasteiger partial charge is 0.475 e. The fourth-order valence-electron chi connectivity index (χ4n) is 1.78. The molecular formula is C15H27N2O6PS. The van der Waals surface area contributed by atoms with E-state index in [0.717, 1.165) is 0 Å². The van der Waals surface area contributed by atoms with Crippen LogP contribution < -0.4 is 10.3 Å². The van der Waals surface area contributed by atoms with Crippen molar-refractivity contribution in [3.63, 3.8) is 0 Å². The quantitative estimate of drug-likeness (QED) is 0.347. The second kappa shape index (κ2) is 10.3. The van der Waals surface area contributed by atoms with E-state index >= 15 is 0 Å². The minimum absolute atomic E-state index is 0.146. The first kappa shape index (κ1) is 22.2. The van der Waals surface area contributed by atoms with E-state index in [0.29, 0.717) is 5.16 Å². The number of ether oxygens (including phenoxy) is 2. The van der Waals surface area contributed by atoms with Crippen LogP contribution in [0.1, 0.15) is 34.6 Å². The number of thioether (sulfide) groups is 1. The van der Waals surface area contributed by atoms with Crippen molar-refractivity contribution in [2.45, 2.75) is 58.1 Å². The van der Waals surface area contributed by atoms with Gasteiger partial charge in [-0.3, -0.25) is 9.36 Å². The molecule has 0 fully saturated rings. The molecule has 0 aliphatic carbocycles. The third kappa shape index (κ3) is 8.87. The highest BCUT2D eigenvalue weighted by Gasteiger charge is 2.29. The number of aromatic nitrogens is 2. The summed E-state index contributed by atoms with van der Waals surface area (Å²) >= 11 is 1.31. The van der Waals surface area contributed by atoms with Crippen LogP contribution in [-0.4, -0.2) is 47.5 Å². The van der Waals surface area contributed by atoms with Crippen LogP contribution in [0.2, 0.25) is 0 Å². The van der Waals surface area contributed by atoms with Gasteiger partial charge in [-0.2, -0.15) is 4.98 Å². The molecule has 1 atom stereocenters. The van der Waals surface area contributed by atoms with E-state index in [4.69, 9.17) is 18.5 Å². The maximum absolute atomic E-state index is 12.7. The van der Waals surface area contributed by atoms with Gasteiger partial charge in [0.25, 0.3) is 5.56 Å². The predicted molar refractivity (Wildman–Crippen MR) is 97.6 cm³/mol. The Hall–Kier alpha value is -0.860. The van der Waals surface area contributed by atoms with Gasteiger partial charge in [-0.1, -0.05) is 11.8 Å². The van der Waals surface area contributed by atoms with E-state index in [1.54, 1.807) is 40.9 Å². The first-order valence-corrected chi connectivity index (χ1v) is 10.9. The van der Waals surface area contributed by atoms with Gasteiger partial charge in [0, 0.05) is 0 Å². The summed E-state index contributed by atoms with van der Waals surface area (Å²) in [6, 6.07) is 1.26. The minimum atomic E-state index is -3.35. The molecule has 1 N–H and O–H groups in total. The zero-order valence-corrected chi connectivity index (χ0v) is 17.2. The fraction of sp³-hybridized carbons (Fsp3) is 0.733. The number of H-pyrrole nitrogens is 1. The summed E-state index contributed by atoms with van der Waals surface area (Å²) in [5.41, 5.74) is -0.289. The highest BCUT2D eigenvalue weighted by Crippen LogP contribution is 2.50. The Balaban J connectivity index is 2.57. The number of aromatic amines is 1. The molecule has 1 heterocycles. The monoisotopic (exact) mass is 394 g/mol. The van der Waals surface area contributed by atoms with Gasteiger partial charge in [-0.05, 0) is 40.9 Å². The number of nitrogens with one attached hydrogen (secondary N) is 1. The van der Waals surface area contributed by atoms with Gasteiger partial charge in [0.05, 0.1) is 24.4 Å². The molecule has 0 amide bonds. The first-order chi connectivity index (χ1) is 11.6. The Morgan fingerprint density at radius 2 is 1.80 bits per heavy atom. The van der Waals surface area contributed by atoms with Crippen LogP contribution in [0.5, 0.6) is 5.88 Å². The lowest BCUT2D eigenvalue weighted by Gasteiger charge is -2.24. The van der Waals surface area contributed by atoms with Crippen LogP contribution in [0.15, 0.2) is 16.0 Å². The number of rotatable bonds is 11. The summed E-state index contributed by atoms with van der Waals surface area (Å²) in [7, 11) is -3.35. The van der Waals surface area contributed by atoms with Crippen molar-refractivity contribution in [1.82, 2.24) is 9.97 Å². The number of hydrogen-bond donors (Lipinski definition) is 1. The molecule has 0 aliphatic rings. The van der Waals surface area contributed by atoms with Crippen LogP contribution in [0.3, 0.4) is 0 Å². The molecular weight excluding hydrogens is 367 g/mol. The lowest BCUT2D eigenvalue weighted by atomic mass is 10.4. The Kier molecular flexibility index (Phi) is 9.16. The van der Waals surface area contributed by atoms with Crippen LogP contribution in [0.4, 0.5) is 0 Å². The van der Waals surface area contributed by atoms with Gasteiger partial charge in [0.2, 0.25) is 5.88 Å². The van der Waals surface area contributed by atoms with Crippen molar-refractivity contribution >= 4 is 19.4 Å². The summed E-state index contributed by atoms with van der Waals surface area (Å²) in [4.78, 5) is 18.2. The Bertz CT molecular complexity index is 623. The van der Waals surface area contributed by atoms with E-state index in [-0.39, 0.29) is 36.6 Å². The lowest BCUT2D eigenvalue weighted by molar-refractivity contribution is 0.0355. The van der Waals surface area contributed by atoms with E-state index in [2.05, 4.69) is 9.97 Å². The molecule has 0 saturated heterocycles. The molecule has 25 heavy (non-hydrogen) atoms. The molecule has 0 radical (unpaired) electrons. The summed E-state index contributed by atoms with van der Waals surface area (Å²) in [6.45, 7) is 9.04. The van der Waals surface area contributed by atoms with Gasteiger partial charge < -0.3 is 23.5 Å². The zero-order chi connectivity index (χ0) is 19.0. The van der Waals surface area contributed by atoms with Gasteiger partial charge in [-0.15, -0.1) is 0 Å². The van der Waals surface area contributed by atoms with Crippen molar-refractivity contribution in [1.29, 1.82) is 0 Å². The molecule has 10 heteroatoms. The van der Waals surface area contributed by atoms with Crippen molar-refractivity contribution in [2.24, 2.45) is 0 Å². The van der Waals surface area contributed by atoms with E-state index in [1.807, 2.05) is 0 Å². The Labute approximate surface area is 152 Å². The summed E-state index contributed by atoms with van der Waals surface area (Å²) in [5, 5.41) is 0.469. The first-order valence-electron chi connectivity index (χ1n) is 7.99. The number of hydrogen-bond acceptors (Lipinski definition) is 8. The molecule has 1 rings (SSSR count). The molecule has 8 nitrogen and oxygen atoms in total. The van der Waals surface area contributed by atoms with Crippen LogP contribution in [-0.2, 0) is 18.3 Å². The van der Waals surface area contributed by atoms with Gasteiger partial charge in [0.1, 0.15) is 13.0 Å². The molecule has 0 spiro atoms. The predicted octanol–water partition coefficient (Wildman–Crippen LogP) is 3.28. The molecule has 0 aromatic carbocycles. The van der Waals surface area contributed by atoms with Crippen LogP contribution >= 0.6 is 19.4 Å². The van der Waals surface area contributed by atoms with E-state index < -0.39 is 13.7 Å². The van der Waals surface area contributed by atoms with E-state index in [1.165, 1.54) is 17.8 Å². The topological polar surface area (TPSA) is 99.7 Å². The minimum Gasteiger partial charge on any atom is -0.475 e. The van der Waals surface area contributed by atoms with Crippen LogP contribution in [0, 0.1) is 0 Å². The smallest absolute Gasteiger partial charge is 0.356 e. The summed E-state index contributed by atoms with van der Waals surface area (Å²) in [5.74, 6) is 0.212. The van der Waals surface area contributed by atoms with E-state index in [9.17, 15) is 9.36 Å². The Morgan fingerprint density at radius 3 is 2.32 bits per heavy atom. The fourth-order valence-corrected chi connectivity index (χ4v) is 4.06. The highest BCUT2D eigenvalue weighted by molar-refractivity contribution is 7.98. The second-order valence-corrected chi connectivity index (χ2v) is 8.63. The molecule has 1 aromatic rings. The molecule has 1 aromatic heterocycles. The maximum atomic E-state index is 12.7. The Morgan fingerprint density at radius 1 is 1.20 bits per heavy atom. The van der Waals surface area contributed by atoms with Gasteiger partial charge >= 0.3 is 7.60 Å². The SMILES string of the molecule is CSc1nc(OC[C@@H](C)OCP(=O)(OC(C)C)OC(C)C)cc(=O)[nH]1. The normalized spacial score (nSPS) is 13.4. The van der Waals surface area contributed by atoms with Crippen molar-refractivity contribution in [3.05, 3.63) is 16.4 Å². The third-order valence-corrected chi connectivity index (χ3v) is 5.15. The van der Waals surface area contributed by atoms with Crippen molar-refractivity contribution in [2.75, 3.05) is 19.2 Å². The maximum Gasteiger partial charge on any atom is 0.356 e. The number of nitrogens with zero attached hydrogens (tertiary/aromatic N) is 1.